The minimum absolute atomic E-state index is 0.131. The van der Waals surface area contributed by atoms with E-state index in [4.69, 9.17) is 5.11 Å². The summed E-state index contributed by atoms with van der Waals surface area (Å²) in [7, 11) is 0. The van der Waals surface area contributed by atoms with Gasteiger partial charge < -0.3 is 10.0 Å². The zero-order valence-corrected chi connectivity index (χ0v) is 10.1. The van der Waals surface area contributed by atoms with Crippen molar-refractivity contribution in [3.63, 3.8) is 0 Å². The van der Waals surface area contributed by atoms with Gasteiger partial charge in [-0.25, -0.2) is 14.8 Å². The molecule has 5 heteroatoms. The van der Waals surface area contributed by atoms with Crippen LogP contribution in [0.25, 0.3) is 0 Å². The molecule has 0 saturated carbocycles. The number of rotatable bonds is 2. The van der Waals surface area contributed by atoms with Gasteiger partial charge >= 0.3 is 5.97 Å². The topological polar surface area (TPSA) is 66.3 Å². The maximum atomic E-state index is 10.7. The first-order valence-electron chi connectivity index (χ1n) is 5.86. The molecule has 17 heavy (non-hydrogen) atoms. The molecule has 0 aromatic carbocycles. The standard InChI is InChI=1S/C12H17N3O2/c1-8-3-9(2)7-15(6-8)12-13-4-10(5-14-12)11(16)17/h4-5,8-9H,3,6-7H2,1-2H3,(H,16,17). The average Bonchev–Trinajstić information content (AvgIpc) is 2.28. The van der Waals surface area contributed by atoms with Gasteiger partial charge in [0.1, 0.15) is 0 Å². The van der Waals surface area contributed by atoms with Crippen LogP contribution in [0.15, 0.2) is 12.4 Å². The highest BCUT2D eigenvalue weighted by Crippen LogP contribution is 2.23. The monoisotopic (exact) mass is 235 g/mol. The molecule has 1 aromatic rings. The van der Waals surface area contributed by atoms with E-state index in [-0.39, 0.29) is 5.56 Å². The Balaban J connectivity index is 2.14. The normalized spacial score (nSPS) is 24.7. The highest BCUT2D eigenvalue weighted by atomic mass is 16.4. The van der Waals surface area contributed by atoms with E-state index >= 15 is 0 Å². The van der Waals surface area contributed by atoms with Gasteiger partial charge in [-0.3, -0.25) is 0 Å². The van der Waals surface area contributed by atoms with Crippen LogP contribution in [0.2, 0.25) is 0 Å². The SMILES string of the molecule is CC1CC(C)CN(c2ncc(C(=O)O)cn2)C1. The smallest absolute Gasteiger partial charge is 0.338 e. The molecule has 0 spiro atoms. The second-order valence-corrected chi connectivity index (χ2v) is 4.93. The zero-order chi connectivity index (χ0) is 12.4. The largest absolute Gasteiger partial charge is 0.478 e. The van der Waals surface area contributed by atoms with Crippen LogP contribution in [0.5, 0.6) is 0 Å². The van der Waals surface area contributed by atoms with Gasteiger partial charge in [-0.1, -0.05) is 13.8 Å². The van der Waals surface area contributed by atoms with Crippen LogP contribution in [0.4, 0.5) is 5.95 Å². The fraction of sp³-hybridized carbons (Fsp3) is 0.583. The van der Waals surface area contributed by atoms with E-state index in [1.165, 1.54) is 18.8 Å². The van der Waals surface area contributed by atoms with Crippen LogP contribution in [-0.4, -0.2) is 34.1 Å². The summed E-state index contributed by atoms with van der Waals surface area (Å²) >= 11 is 0. The third-order valence-corrected chi connectivity index (χ3v) is 3.04. The van der Waals surface area contributed by atoms with Gasteiger partial charge in [-0.15, -0.1) is 0 Å². The first-order valence-corrected chi connectivity index (χ1v) is 5.86. The summed E-state index contributed by atoms with van der Waals surface area (Å²) in [5, 5.41) is 8.78. The van der Waals surface area contributed by atoms with E-state index in [1.807, 2.05) is 0 Å². The average molecular weight is 235 g/mol. The molecule has 2 unspecified atom stereocenters. The number of carbonyl (C=O) groups is 1. The van der Waals surface area contributed by atoms with E-state index in [0.29, 0.717) is 17.8 Å². The van der Waals surface area contributed by atoms with Crippen molar-refractivity contribution in [1.82, 2.24) is 9.97 Å². The lowest BCUT2D eigenvalue weighted by atomic mass is 9.92. The minimum Gasteiger partial charge on any atom is -0.478 e. The lowest BCUT2D eigenvalue weighted by Gasteiger charge is -2.34. The number of aromatic nitrogens is 2. The van der Waals surface area contributed by atoms with Gasteiger partial charge in [0.05, 0.1) is 5.56 Å². The summed E-state index contributed by atoms with van der Waals surface area (Å²) in [6.07, 6.45) is 3.97. The Labute approximate surface area is 100 Å². The summed E-state index contributed by atoms with van der Waals surface area (Å²) in [4.78, 5) is 21.1. The Morgan fingerprint density at radius 1 is 1.29 bits per heavy atom. The Morgan fingerprint density at radius 2 is 1.82 bits per heavy atom. The molecule has 2 atom stereocenters. The summed E-state index contributed by atoms with van der Waals surface area (Å²) in [5.74, 6) is 0.897. The molecule has 1 aromatic heterocycles. The predicted octanol–water partition coefficient (Wildman–Crippen LogP) is 1.66. The lowest BCUT2D eigenvalue weighted by Crippen LogP contribution is -2.39. The highest BCUT2D eigenvalue weighted by molar-refractivity contribution is 5.86. The van der Waals surface area contributed by atoms with Crippen molar-refractivity contribution in [2.24, 2.45) is 11.8 Å². The molecule has 1 fully saturated rings. The van der Waals surface area contributed by atoms with Crippen molar-refractivity contribution in [3.8, 4) is 0 Å². The van der Waals surface area contributed by atoms with Crippen LogP contribution in [0.3, 0.4) is 0 Å². The van der Waals surface area contributed by atoms with Gasteiger partial charge in [0.15, 0.2) is 0 Å². The number of aromatic carboxylic acids is 1. The van der Waals surface area contributed by atoms with Crippen molar-refractivity contribution in [2.75, 3.05) is 18.0 Å². The second kappa shape index (κ2) is 4.69. The minimum atomic E-state index is -0.989. The molecule has 1 saturated heterocycles. The Bertz CT molecular complexity index is 395. The predicted molar refractivity (Wildman–Crippen MR) is 64.1 cm³/mol. The van der Waals surface area contributed by atoms with Crippen molar-refractivity contribution in [1.29, 1.82) is 0 Å². The van der Waals surface area contributed by atoms with E-state index in [2.05, 4.69) is 28.7 Å². The number of hydrogen-bond acceptors (Lipinski definition) is 4. The molecule has 2 heterocycles. The Morgan fingerprint density at radius 3 is 2.29 bits per heavy atom. The third-order valence-electron chi connectivity index (χ3n) is 3.04. The maximum Gasteiger partial charge on any atom is 0.338 e. The molecule has 1 aliphatic rings. The maximum absolute atomic E-state index is 10.7. The fourth-order valence-corrected chi connectivity index (χ4v) is 2.42. The molecular formula is C12H17N3O2. The summed E-state index contributed by atoms with van der Waals surface area (Å²) in [6.45, 7) is 6.32. The van der Waals surface area contributed by atoms with Crippen LogP contribution in [0, 0.1) is 11.8 Å². The molecule has 92 valence electrons. The molecule has 1 aliphatic heterocycles. The number of nitrogens with zero attached hydrogens (tertiary/aromatic N) is 3. The quantitative estimate of drug-likeness (QED) is 0.844. The van der Waals surface area contributed by atoms with Gasteiger partial charge in [-0.2, -0.15) is 0 Å². The first-order chi connectivity index (χ1) is 8.06. The lowest BCUT2D eigenvalue weighted by molar-refractivity contribution is 0.0696. The van der Waals surface area contributed by atoms with Gasteiger partial charge in [-0.05, 0) is 18.3 Å². The fourth-order valence-electron chi connectivity index (χ4n) is 2.42. The summed E-state index contributed by atoms with van der Waals surface area (Å²) < 4.78 is 0. The molecule has 0 radical (unpaired) electrons. The molecule has 0 aliphatic carbocycles. The number of anilines is 1. The summed E-state index contributed by atoms with van der Waals surface area (Å²) in [5.41, 5.74) is 0.131. The molecule has 1 N–H and O–H groups in total. The van der Waals surface area contributed by atoms with Crippen molar-refractivity contribution in [2.45, 2.75) is 20.3 Å². The van der Waals surface area contributed by atoms with Gasteiger partial charge in [0.25, 0.3) is 0 Å². The van der Waals surface area contributed by atoms with Crippen LogP contribution in [-0.2, 0) is 0 Å². The third kappa shape index (κ3) is 2.72. The van der Waals surface area contributed by atoms with Crippen molar-refractivity contribution < 1.29 is 9.90 Å². The molecule has 5 nitrogen and oxygen atoms in total. The second-order valence-electron chi connectivity index (χ2n) is 4.93. The molecule has 2 rings (SSSR count). The van der Waals surface area contributed by atoms with Crippen LogP contribution < -0.4 is 4.90 Å². The Hall–Kier alpha value is -1.65. The number of piperidine rings is 1. The zero-order valence-electron chi connectivity index (χ0n) is 10.1. The van der Waals surface area contributed by atoms with Gasteiger partial charge in [0, 0.05) is 25.5 Å². The number of carboxylic acids is 1. The van der Waals surface area contributed by atoms with E-state index in [9.17, 15) is 4.79 Å². The van der Waals surface area contributed by atoms with E-state index < -0.39 is 5.97 Å². The van der Waals surface area contributed by atoms with E-state index in [1.54, 1.807) is 0 Å². The first kappa shape index (κ1) is 11.8. The Kier molecular flexibility index (Phi) is 3.26. The van der Waals surface area contributed by atoms with E-state index in [0.717, 1.165) is 13.1 Å². The number of hydrogen-bond donors (Lipinski definition) is 1. The van der Waals surface area contributed by atoms with Gasteiger partial charge in [0.2, 0.25) is 5.95 Å². The molecular weight excluding hydrogens is 218 g/mol. The van der Waals surface area contributed by atoms with Crippen LogP contribution >= 0.6 is 0 Å². The van der Waals surface area contributed by atoms with Crippen LogP contribution in [0.1, 0.15) is 30.6 Å². The summed E-state index contributed by atoms with van der Waals surface area (Å²) in [6, 6.07) is 0. The molecule has 0 amide bonds. The highest BCUT2D eigenvalue weighted by Gasteiger charge is 2.23. The van der Waals surface area contributed by atoms with Crippen molar-refractivity contribution >= 4 is 11.9 Å². The molecule has 0 bridgehead atoms. The number of carboxylic acid groups (broad SMARTS) is 1. The van der Waals surface area contributed by atoms with Crippen molar-refractivity contribution in [3.05, 3.63) is 18.0 Å².